The van der Waals surface area contributed by atoms with Crippen molar-refractivity contribution in [3.8, 4) is 11.8 Å². The van der Waals surface area contributed by atoms with Crippen LogP contribution in [0.25, 0.3) is 0 Å². The fourth-order valence-electron chi connectivity index (χ4n) is 1.87. The third kappa shape index (κ3) is 3.32. The summed E-state index contributed by atoms with van der Waals surface area (Å²) in [6, 6.07) is 14.2. The predicted molar refractivity (Wildman–Crippen MR) is 71.5 cm³/mol. The lowest BCUT2D eigenvalue weighted by atomic mass is 10.0. The molecule has 0 unspecified atom stereocenters. The Morgan fingerprint density at radius 3 is 2.42 bits per heavy atom. The van der Waals surface area contributed by atoms with Gasteiger partial charge in [0.05, 0.1) is 12.2 Å². The van der Waals surface area contributed by atoms with Crippen molar-refractivity contribution in [3.05, 3.63) is 65.0 Å². The summed E-state index contributed by atoms with van der Waals surface area (Å²) >= 11 is 0. The summed E-state index contributed by atoms with van der Waals surface area (Å²) in [6.07, 6.45) is 0.668. The molecule has 0 aliphatic rings. The van der Waals surface area contributed by atoms with E-state index in [0.717, 1.165) is 16.9 Å². The number of nitrogens with zero attached hydrogens (tertiary/aromatic N) is 1. The average molecular weight is 255 g/mol. The van der Waals surface area contributed by atoms with E-state index in [0.29, 0.717) is 13.0 Å². The van der Waals surface area contributed by atoms with Crippen LogP contribution in [0.1, 0.15) is 23.6 Å². The summed E-state index contributed by atoms with van der Waals surface area (Å²) in [6.45, 7) is 2.58. The van der Waals surface area contributed by atoms with Crippen molar-refractivity contribution in [3.63, 3.8) is 0 Å². The minimum absolute atomic E-state index is 0.0865. The molecule has 0 fully saturated rings. The van der Waals surface area contributed by atoms with Gasteiger partial charge in [-0.3, -0.25) is 0 Å². The van der Waals surface area contributed by atoms with Crippen LogP contribution in [-0.2, 0) is 6.42 Å². The Morgan fingerprint density at radius 1 is 1.11 bits per heavy atom. The van der Waals surface area contributed by atoms with E-state index in [-0.39, 0.29) is 5.56 Å². The fourth-order valence-corrected chi connectivity index (χ4v) is 1.87. The van der Waals surface area contributed by atoms with Crippen molar-refractivity contribution in [2.24, 2.45) is 0 Å². The number of benzene rings is 2. The van der Waals surface area contributed by atoms with Gasteiger partial charge < -0.3 is 4.74 Å². The molecule has 3 heteroatoms. The van der Waals surface area contributed by atoms with Crippen molar-refractivity contribution >= 4 is 0 Å². The third-order valence-corrected chi connectivity index (χ3v) is 2.79. The molecule has 2 aromatic rings. The lowest BCUT2D eigenvalue weighted by molar-refractivity contribution is 0.340. The van der Waals surface area contributed by atoms with Gasteiger partial charge in [0.1, 0.15) is 17.6 Å². The highest BCUT2D eigenvalue weighted by Crippen LogP contribution is 2.17. The van der Waals surface area contributed by atoms with E-state index >= 15 is 0 Å². The predicted octanol–water partition coefficient (Wildman–Crippen LogP) is 3.69. The molecule has 0 amide bonds. The van der Waals surface area contributed by atoms with E-state index < -0.39 is 5.82 Å². The highest BCUT2D eigenvalue weighted by atomic mass is 19.1. The maximum absolute atomic E-state index is 13.2. The normalized spacial score (nSPS) is 9.95. The fraction of sp³-hybridized carbons (Fsp3) is 0.188. The summed E-state index contributed by atoms with van der Waals surface area (Å²) in [5, 5.41) is 8.80. The minimum Gasteiger partial charge on any atom is -0.494 e. The topological polar surface area (TPSA) is 33.0 Å². The second kappa shape index (κ2) is 6.01. The molecule has 96 valence electrons. The standard InChI is InChI=1S/C16H14FNO/c1-2-19-15-6-3-12(4-7-15)9-13-5-8-16(17)14(10-13)11-18/h3-8,10H,2,9H2,1H3. The Hall–Kier alpha value is -2.34. The molecule has 0 spiro atoms. The van der Waals surface area contributed by atoms with Crippen LogP contribution >= 0.6 is 0 Å². The second-order valence-electron chi connectivity index (χ2n) is 4.18. The molecule has 2 rings (SSSR count). The zero-order valence-corrected chi connectivity index (χ0v) is 10.7. The lowest BCUT2D eigenvalue weighted by Gasteiger charge is -2.06. The number of hydrogen-bond donors (Lipinski definition) is 0. The Labute approximate surface area is 112 Å². The molecule has 0 radical (unpaired) electrons. The number of nitriles is 1. The van der Waals surface area contributed by atoms with Gasteiger partial charge in [0.15, 0.2) is 0 Å². The summed E-state index contributed by atoms with van der Waals surface area (Å²) in [5.41, 5.74) is 2.10. The average Bonchev–Trinajstić information content (AvgIpc) is 2.43. The highest BCUT2D eigenvalue weighted by molar-refractivity contribution is 5.37. The van der Waals surface area contributed by atoms with E-state index in [1.54, 1.807) is 12.1 Å². The maximum Gasteiger partial charge on any atom is 0.140 e. The molecule has 2 nitrogen and oxygen atoms in total. The molecule has 19 heavy (non-hydrogen) atoms. The monoisotopic (exact) mass is 255 g/mol. The lowest BCUT2D eigenvalue weighted by Crippen LogP contribution is -1.93. The molecule has 0 bridgehead atoms. The van der Waals surface area contributed by atoms with Crippen LogP contribution in [0.15, 0.2) is 42.5 Å². The number of halogens is 1. The summed E-state index contributed by atoms with van der Waals surface area (Å²) in [5.74, 6) is 0.362. The Balaban J connectivity index is 2.15. The van der Waals surface area contributed by atoms with Gasteiger partial charge in [0.25, 0.3) is 0 Å². The quantitative estimate of drug-likeness (QED) is 0.834. The van der Waals surface area contributed by atoms with E-state index in [1.165, 1.54) is 6.07 Å². The van der Waals surface area contributed by atoms with Crippen LogP contribution < -0.4 is 4.74 Å². The first-order chi connectivity index (χ1) is 9.22. The zero-order chi connectivity index (χ0) is 13.7. The molecule has 0 saturated heterocycles. The SMILES string of the molecule is CCOc1ccc(Cc2ccc(F)c(C#N)c2)cc1. The van der Waals surface area contributed by atoms with E-state index in [2.05, 4.69) is 0 Å². The van der Waals surface area contributed by atoms with Gasteiger partial charge in [0, 0.05) is 0 Å². The second-order valence-corrected chi connectivity index (χ2v) is 4.18. The van der Waals surface area contributed by atoms with Gasteiger partial charge in [0.2, 0.25) is 0 Å². The van der Waals surface area contributed by atoms with Crippen LogP contribution in [0.2, 0.25) is 0 Å². The van der Waals surface area contributed by atoms with Gasteiger partial charge >= 0.3 is 0 Å². The van der Waals surface area contributed by atoms with Crippen molar-refractivity contribution in [2.45, 2.75) is 13.3 Å². The van der Waals surface area contributed by atoms with E-state index in [1.807, 2.05) is 37.3 Å². The first kappa shape index (κ1) is 13.1. The van der Waals surface area contributed by atoms with Crippen molar-refractivity contribution < 1.29 is 9.13 Å². The molecule has 2 aromatic carbocycles. The number of ether oxygens (including phenoxy) is 1. The Kier molecular flexibility index (Phi) is 4.15. The molecule has 0 saturated carbocycles. The Bertz CT molecular complexity index is 599. The smallest absolute Gasteiger partial charge is 0.140 e. The summed E-state index contributed by atoms with van der Waals surface area (Å²) in [7, 11) is 0. The zero-order valence-electron chi connectivity index (χ0n) is 10.7. The van der Waals surface area contributed by atoms with Gasteiger partial charge in [-0.1, -0.05) is 18.2 Å². The third-order valence-electron chi connectivity index (χ3n) is 2.79. The molecule has 0 N–H and O–H groups in total. The number of hydrogen-bond acceptors (Lipinski definition) is 2. The van der Waals surface area contributed by atoms with Gasteiger partial charge in [-0.25, -0.2) is 4.39 Å². The highest BCUT2D eigenvalue weighted by Gasteiger charge is 2.03. The van der Waals surface area contributed by atoms with Crippen LogP contribution in [0.4, 0.5) is 4.39 Å². The molecular formula is C16H14FNO. The van der Waals surface area contributed by atoms with Crippen LogP contribution in [-0.4, -0.2) is 6.61 Å². The van der Waals surface area contributed by atoms with E-state index in [9.17, 15) is 4.39 Å². The summed E-state index contributed by atoms with van der Waals surface area (Å²) in [4.78, 5) is 0. The first-order valence-electron chi connectivity index (χ1n) is 6.13. The van der Waals surface area contributed by atoms with Gasteiger partial charge in [-0.15, -0.1) is 0 Å². The molecule has 0 aliphatic heterocycles. The molecule has 0 aromatic heterocycles. The summed E-state index contributed by atoms with van der Waals surface area (Å²) < 4.78 is 18.6. The van der Waals surface area contributed by atoms with Gasteiger partial charge in [-0.2, -0.15) is 5.26 Å². The maximum atomic E-state index is 13.2. The first-order valence-corrected chi connectivity index (χ1v) is 6.13. The van der Waals surface area contributed by atoms with Crippen LogP contribution in [0.3, 0.4) is 0 Å². The van der Waals surface area contributed by atoms with Crippen molar-refractivity contribution in [1.82, 2.24) is 0 Å². The number of rotatable bonds is 4. The van der Waals surface area contributed by atoms with Crippen molar-refractivity contribution in [2.75, 3.05) is 6.61 Å². The molecular weight excluding hydrogens is 241 g/mol. The van der Waals surface area contributed by atoms with Crippen LogP contribution in [0, 0.1) is 17.1 Å². The molecule has 0 atom stereocenters. The molecule has 0 heterocycles. The Morgan fingerprint density at radius 2 is 1.79 bits per heavy atom. The van der Waals surface area contributed by atoms with Gasteiger partial charge in [-0.05, 0) is 48.7 Å². The molecule has 0 aliphatic carbocycles. The minimum atomic E-state index is -0.474. The largest absolute Gasteiger partial charge is 0.494 e. The van der Waals surface area contributed by atoms with E-state index in [4.69, 9.17) is 10.00 Å². The van der Waals surface area contributed by atoms with Crippen LogP contribution in [0.5, 0.6) is 5.75 Å². The van der Waals surface area contributed by atoms with Crippen molar-refractivity contribution in [1.29, 1.82) is 5.26 Å².